The fourth-order valence-corrected chi connectivity index (χ4v) is 4.54. The van der Waals surface area contributed by atoms with Crippen LogP contribution in [-0.2, 0) is 4.79 Å². The van der Waals surface area contributed by atoms with E-state index in [1.54, 1.807) is 27.9 Å². The van der Waals surface area contributed by atoms with E-state index in [1.165, 1.54) is 12.1 Å². The Bertz CT molecular complexity index is 1370. The average molecular weight is 483 g/mol. The van der Waals surface area contributed by atoms with Crippen LogP contribution in [0.3, 0.4) is 0 Å². The number of rotatable bonds is 5. The van der Waals surface area contributed by atoms with Crippen molar-refractivity contribution in [2.24, 2.45) is 5.92 Å². The Morgan fingerprint density at radius 2 is 1.67 bits per heavy atom. The molecule has 0 atom stereocenters. The molecule has 2 heterocycles. The van der Waals surface area contributed by atoms with E-state index in [-0.39, 0.29) is 23.5 Å². The van der Waals surface area contributed by atoms with Gasteiger partial charge in [-0.15, -0.1) is 0 Å². The summed E-state index contributed by atoms with van der Waals surface area (Å²) in [5.74, 6) is -0.618. The predicted molar refractivity (Wildman–Crippen MR) is 137 cm³/mol. The zero-order chi connectivity index (χ0) is 25.1. The maximum Gasteiger partial charge on any atom is 0.257 e. The van der Waals surface area contributed by atoms with Crippen molar-refractivity contribution in [3.63, 3.8) is 0 Å². The minimum Gasteiger partial charge on any atom is -0.338 e. The molecule has 1 aliphatic rings. The number of nitrogens with zero attached hydrogens (tertiary/aromatic N) is 3. The van der Waals surface area contributed by atoms with E-state index in [0.717, 1.165) is 16.8 Å². The van der Waals surface area contributed by atoms with E-state index in [2.05, 4.69) is 5.32 Å². The second-order valence-corrected chi connectivity index (χ2v) is 9.10. The van der Waals surface area contributed by atoms with Gasteiger partial charge in [-0.25, -0.2) is 9.07 Å². The van der Waals surface area contributed by atoms with Crippen molar-refractivity contribution in [1.82, 2.24) is 14.7 Å². The largest absolute Gasteiger partial charge is 0.338 e. The summed E-state index contributed by atoms with van der Waals surface area (Å²) in [6, 6.07) is 23.3. The number of hydrogen-bond donors (Lipinski definition) is 1. The molecule has 1 aliphatic heterocycles. The second kappa shape index (κ2) is 10.2. The molecular formula is C29H27FN4O2. The van der Waals surface area contributed by atoms with Gasteiger partial charge in [-0.3, -0.25) is 9.59 Å². The number of halogens is 1. The van der Waals surface area contributed by atoms with Crippen LogP contribution in [-0.4, -0.2) is 39.6 Å². The van der Waals surface area contributed by atoms with Gasteiger partial charge < -0.3 is 10.2 Å². The number of hydrogen-bond acceptors (Lipinski definition) is 3. The quantitative estimate of drug-likeness (QED) is 0.410. The third kappa shape index (κ3) is 5.05. The molecule has 0 spiro atoms. The molecule has 6 nitrogen and oxygen atoms in total. The van der Waals surface area contributed by atoms with Gasteiger partial charge in [-0.1, -0.05) is 42.0 Å². The van der Waals surface area contributed by atoms with Crippen molar-refractivity contribution in [3.05, 3.63) is 102 Å². The lowest BCUT2D eigenvalue weighted by molar-refractivity contribution is -0.121. The normalized spacial score (nSPS) is 14.0. The topological polar surface area (TPSA) is 67.2 Å². The summed E-state index contributed by atoms with van der Waals surface area (Å²) < 4.78 is 15.1. The van der Waals surface area contributed by atoms with Crippen LogP contribution in [0.2, 0.25) is 0 Å². The summed E-state index contributed by atoms with van der Waals surface area (Å²) in [6.45, 7) is 2.97. The molecule has 1 fully saturated rings. The van der Waals surface area contributed by atoms with E-state index in [1.807, 2.05) is 61.5 Å². The van der Waals surface area contributed by atoms with E-state index >= 15 is 0 Å². The maximum atomic E-state index is 13.7. The third-order valence-corrected chi connectivity index (χ3v) is 6.52. The molecule has 4 aromatic rings. The average Bonchev–Trinajstić information content (AvgIpc) is 3.35. The Morgan fingerprint density at radius 1 is 0.944 bits per heavy atom. The zero-order valence-corrected chi connectivity index (χ0v) is 20.0. The lowest BCUT2D eigenvalue weighted by Gasteiger charge is -2.31. The number of piperidine rings is 1. The molecule has 5 rings (SSSR count). The molecule has 0 unspecified atom stereocenters. The number of para-hydroxylation sites is 1. The molecule has 1 aromatic heterocycles. The van der Waals surface area contributed by atoms with Crippen LogP contribution in [0, 0.1) is 18.7 Å². The van der Waals surface area contributed by atoms with Crippen molar-refractivity contribution < 1.29 is 14.0 Å². The van der Waals surface area contributed by atoms with E-state index in [0.29, 0.717) is 42.9 Å². The monoisotopic (exact) mass is 482 g/mol. The van der Waals surface area contributed by atoms with Gasteiger partial charge in [-0.05, 0) is 62.2 Å². The highest BCUT2D eigenvalue weighted by molar-refractivity contribution is 6.00. The Morgan fingerprint density at radius 3 is 2.36 bits per heavy atom. The Labute approximate surface area is 209 Å². The predicted octanol–water partition coefficient (Wildman–Crippen LogP) is 5.48. The first-order valence-electron chi connectivity index (χ1n) is 12.1. The molecule has 0 aliphatic carbocycles. The summed E-state index contributed by atoms with van der Waals surface area (Å²) in [6.07, 6.45) is 2.90. The highest BCUT2D eigenvalue weighted by Crippen LogP contribution is 2.28. The first-order valence-corrected chi connectivity index (χ1v) is 12.1. The van der Waals surface area contributed by atoms with Crippen molar-refractivity contribution >= 4 is 17.5 Å². The van der Waals surface area contributed by atoms with E-state index < -0.39 is 0 Å². The standard InChI is InChI=1S/C29H27FN4O2/c1-20-6-5-7-22(18-20)27-26(19-34(32-27)25-12-10-23(30)11-13-25)29(36)33-16-14-21(15-17-33)28(35)31-24-8-3-2-4-9-24/h2-13,18-19,21H,14-17H2,1H3,(H,31,35). The first kappa shape index (κ1) is 23.5. The van der Waals surface area contributed by atoms with Crippen LogP contribution in [0.4, 0.5) is 10.1 Å². The zero-order valence-electron chi connectivity index (χ0n) is 20.0. The summed E-state index contributed by atoms with van der Waals surface area (Å²) in [4.78, 5) is 28.2. The molecule has 1 N–H and O–H groups in total. The molecule has 3 aromatic carbocycles. The fraction of sp³-hybridized carbons (Fsp3) is 0.207. The lowest BCUT2D eigenvalue weighted by Crippen LogP contribution is -2.41. The van der Waals surface area contributed by atoms with Gasteiger partial charge in [0, 0.05) is 36.5 Å². The van der Waals surface area contributed by atoms with Crippen LogP contribution >= 0.6 is 0 Å². The summed E-state index contributed by atoms with van der Waals surface area (Å²) in [5.41, 5.74) is 4.41. The van der Waals surface area contributed by atoms with Crippen LogP contribution in [0.25, 0.3) is 16.9 Å². The molecular weight excluding hydrogens is 455 g/mol. The highest BCUT2D eigenvalue weighted by atomic mass is 19.1. The van der Waals surface area contributed by atoms with Crippen molar-refractivity contribution in [2.75, 3.05) is 18.4 Å². The van der Waals surface area contributed by atoms with Gasteiger partial charge in [0.15, 0.2) is 0 Å². The number of amides is 2. The Kier molecular flexibility index (Phi) is 6.62. The minimum absolute atomic E-state index is 0.0159. The van der Waals surface area contributed by atoms with Gasteiger partial charge in [0.05, 0.1) is 11.3 Å². The number of anilines is 1. The number of aromatic nitrogens is 2. The number of nitrogens with one attached hydrogen (secondary N) is 1. The summed E-state index contributed by atoms with van der Waals surface area (Å²) >= 11 is 0. The van der Waals surface area contributed by atoms with Gasteiger partial charge in [0.2, 0.25) is 5.91 Å². The first-order chi connectivity index (χ1) is 17.5. The van der Waals surface area contributed by atoms with Gasteiger partial charge in [0.25, 0.3) is 5.91 Å². The third-order valence-electron chi connectivity index (χ3n) is 6.52. The number of benzene rings is 3. The van der Waals surface area contributed by atoms with Crippen molar-refractivity contribution in [1.29, 1.82) is 0 Å². The molecule has 0 radical (unpaired) electrons. The maximum absolute atomic E-state index is 13.7. The smallest absolute Gasteiger partial charge is 0.257 e. The molecule has 0 saturated carbocycles. The molecule has 36 heavy (non-hydrogen) atoms. The summed E-state index contributed by atoms with van der Waals surface area (Å²) in [5, 5.41) is 7.68. The van der Waals surface area contributed by atoms with Crippen LogP contribution in [0.1, 0.15) is 28.8 Å². The highest BCUT2D eigenvalue weighted by Gasteiger charge is 2.30. The van der Waals surface area contributed by atoms with Gasteiger partial charge in [-0.2, -0.15) is 5.10 Å². The Hall–Kier alpha value is -4.26. The number of likely N-dealkylation sites (tertiary alicyclic amines) is 1. The Balaban J connectivity index is 1.36. The van der Waals surface area contributed by atoms with E-state index in [4.69, 9.17) is 5.10 Å². The van der Waals surface area contributed by atoms with Gasteiger partial charge >= 0.3 is 0 Å². The van der Waals surface area contributed by atoms with Crippen LogP contribution in [0.15, 0.2) is 85.1 Å². The van der Waals surface area contributed by atoms with Crippen LogP contribution < -0.4 is 5.32 Å². The second-order valence-electron chi connectivity index (χ2n) is 9.10. The number of aryl methyl sites for hydroxylation is 1. The van der Waals surface area contributed by atoms with Crippen LogP contribution in [0.5, 0.6) is 0 Å². The molecule has 2 amide bonds. The molecule has 0 bridgehead atoms. The van der Waals surface area contributed by atoms with Crippen molar-refractivity contribution in [3.8, 4) is 16.9 Å². The lowest BCUT2D eigenvalue weighted by atomic mass is 9.95. The van der Waals surface area contributed by atoms with Gasteiger partial charge in [0.1, 0.15) is 11.5 Å². The fourth-order valence-electron chi connectivity index (χ4n) is 4.54. The SMILES string of the molecule is Cc1cccc(-c2nn(-c3ccc(F)cc3)cc2C(=O)N2CCC(C(=O)Nc3ccccc3)CC2)c1. The van der Waals surface area contributed by atoms with E-state index in [9.17, 15) is 14.0 Å². The number of carbonyl (C=O) groups excluding carboxylic acids is 2. The molecule has 182 valence electrons. The van der Waals surface area contributed by atoms with Crippen molar-refractivity contribution in [2.45, 2.75) is 19.8 Å². The minimum atomic E-state index is -0.333. The molecule has 1 saturated heterocycles. The molecule has 7 heteroatoms. The number of carbonyl (C=O) groups is 2. The summed E-state index contributed by atoms with van der Waals surface area (Å²) in [7, 11) is 0.